The molecule has 6 nitrogen and oxygen atoms in total. The Kier molecular flexibility index (Phi) is 4.69. The van der Waals surface area contributed by atoms with Crippen LogP contribution in [0.1, 0.15) is 54.9 Å². The fourth-order valence-electron chi connectivity index (χ4n) is 1.95. The molecule has 0 aromatic carbocycles. The van der Waals surface area contributed by atoms with Gasteiger partial charge >= 0.3 is 5.97 Å². The smallest absolute Gasteiger partial charge is 0.325 e. The van der Waals surface area contributed by atoms with Gasteiger partial charge in [0.05, 0.1) is 12.3 Å². The highest BCUT2D eigenvalue weighted by atomic mass is 32.1. The van der Waals surface area contributed by atoms with Crippen LogP contribution in [0.5, 0.6) is 0 Å². The summed E-state index contributed by atoms with van der Waals surface area (Å²) < 4.78 is 8.80. The predicted molar refractivity (Wildman–Crippen MR) is 74.7 cm³/mol. The molecular formula is C13H19N3O3S. The molecule has 20 heavy (non-hydrogen) atoms. The van der Waals surface area contributed by atoms with Gasteiger partial charge in [-0.25, -0.2) is 0 Å². The Morgan fingerprint density at radius 3 is 2.70 bits per heavy atom. The second-order valence-electron chi connectivity index (χ2n) is 5.11. The van der Waals surface area contributed by atoms with Crippen LogP contribution in [0.15, 0.2) is 0 Å². The molecule has 1 aromatic rings. The highest BCUT2D eigenvalue weighted by Gasteiger charge is 2.36. The SMILES string of the molecule is CCOC(=O)CN(C(=O)c1snnc1C(C)C)C1CC1. The van der Waals surface area contributed by atoms with Crippen molar-refractivity contribution in [1.29, 1.82) is 0 Å². The van der Waals surface area contributed by atoms with Gasteiger partial charge in [-0.15, -0.1) is 5.10 Å². The van der Waals surface area contributed by atoms with Gasteiger partial charge in [-0.2, -0.15) is 0 Å². The van der Waals surface area contributed by atoms with E-state index in [1.165, 1.54) is 0 Å². The first-order valence-corrected chi connectivity index (χ1v) is 7.60. The van der Waals surface area contributed by atoms with Crippen LogP contribution in [0, 0.1) is 0 Å². The topological polar surface area (TPSA) is 72.4 Å². The van der Waals surface area contributed by atoms with E-state index in [0.717, 1.165) is 24.4 Å². The number of carbonyl (C=O) groups is 2. The molecule has 7 heteroatoms. The molecule has 1 amide bonds. The summed E-state index contributed by atoms with van der Waals surface area (Å²) in [7, 11) is 0. The summed E-state index contributed by atoms with van der Waals surface area (Å²) >= 11 is 1.10. The third-order valence-corrected chi connectivity index (χ3v) is 3.84. The van der Waals surface area contributed by atoms with Crippen molar-refractivity contribution in [2.24, 2.45) is 0 Å². The fraction of sp³-hybridized carbons (Fsp3) is 0.692. The average molecular weight is 297 g/mol. The third kappa shape index (κ3) is 3.33. The Balaban J connectivity index is 2.14. The van der Waals surface area contributed by atoms with Crippen LogP contribution in [0.2, 0.25) is 0 Å². The van der Waals surface area contributed by atoms with Crippen LogP contribution in [0.3, 0.4) is 0 Å². The lowest BCUT2D eigenvalue weighted by molar-refractivity contribution is -0.143. The molecular weight excluding hydrogens is 278 g/mol. The molecule has 1 saturated carbocycles. The molecule has 0 N–H and O–H groups in total. The van der Waals surface area contributed by atoms with Crippen LogP contribution < -0.4 is 0 Å². The maximum Gasteiger partial charge on any atom is 0.325 e. The highest BCUT2D eigenvalue weighted by molar-refractivity contribution is 7.08. The minimum absolute atomic E-state index is 0.00672. The van der Waals surface area contributed by atoms with Crippen LogP contribution in [0.4, 0.5) is 0 Å². The molecule has 0 spiro atoms. The van der Waals surface area contributed by atoms with E-state index < -0.39 is 0 Å². The van der Waals surface area contributed by atoms with Gasteiger partial charge in [0.25, 0.3) is 5.91 Å². The first-order chi connectivity index (χ1) is 9.54. The van der Waals surface area contributed by atoms with Crippen molar-refractivity contribution in [3.8, 4) is 0 Å². The van der Waals surface area contributed by atoms with E-state index in [1.54, 1.807) is 11.8 Å². The summed E-state index contributed by atoms with van der Waals surface area (Å²) in [4.78, 5) is 26.4. The zero-order chi connectivity index (χ0) is 14.7. The lowest BCUT2D eigenvalue weighted by Crippen LogP contribution is -2.38. The molecule has 1 aliphatic carbocycles. The molecule has 0 saturated heterocycles. The van der Waals surface area contributed by atoms with Crippen LogP contribution in [-0.4, -0.2) is 45.6 Å². The lowest BCUT2D eigenvalue weighted by Gasteiger charge is -2.21. The largest absolute Gasteiger partial charge is 0.465 e. The number of esters is 1. The molecule has 0 radical (unpaired) electrons. The molecule has 1 heterocycles. The van der Waals surface area contributed by atoms with Gasteiger partial charge in [0, 0.05) is 6.04 Å². The number of rotatable bonds is 6. The lowest BCUT2D eigenvalue weighted by atomic mass is 10.1. The van der Waals surface area contributed by atoms with E-state index in [4.69, 9.17) is 4.74 Å². The summed E-state index contributed by atoms with van der Waals surface area (Å²) in [6.45, 7) is 6.03. The third-order valence-electron chi connectivity index (χ3n) is 3.11. The highest BCUT2D eigenvalue weighted by Crippen LogP contribution is 2.30. The van der Waals surface area contributed by atoms with E-state index >= 15 is 0 Å². The van der Waals surface area contributed by atoms with Gasteiger partial charge in [-0.05, 0) is 37.2 Å². The summed E-state index contributed by atoms with van der Waals surface area (Å²) in [5, 5.41) is 4.02. The van der Waals surface area contributed by atoms with E-state index in [2.05, 4.69) is 9.59 Å². The molecule has 1 fully saturated rings. The van der Waals surface area contributed by atoms with Crippen molar-refractivity contribution < 1.29 is 14.3 Å². The zero-order valence-electron chi connectivity index (χ0n) is 12.0. The monoisotopic (exact) mass is 297 g/mol. The number of hydrogen-bond donors (Lipinski definition) is 0. The standard InChI is InChI=1S/C13H19N3O3S/c1-4-19-10(17)7-16(9-5-6-9)13(18)12-11(8(2)3)14-15-20-12/h8-9H,4-7H2,1-3H3. The zero-order valence-corrected chi connectivity index (χ0v) is 12.8. The van der Waals surface area contributed by atoms with Crippen molar-refractivity contribution in [2.45, 2.75) is 45.6 Å². The fourth-order valence-corrected chi connectivity index (χ4v) is 2.73. The first kappa shape index (κ1) is 14.9. The quantitative estimate of drug-likeness (QED) is 0.749. The van der Waals surface area contributed by atoms with Gasteiger partial charge in [-0.1, -0.05) is 18.3 Å². The maximum absolute atomic E-state index is 12.6. The molecule has 0 aliphatic heterocycles. The van der Waals surface area contributed by atoms with Crippen LogP contribution in [0.25, 0.3) is 0 Å². The second kappa shape index (κ2) is 6.30. The summed E-state index contributed by atoms with van der Waals surface area (Å²) in [6, 6.07) is 0.147. The first-order valence-electron chi connectivity index (χ1n) is 6.83. The Bertz CT molecular complexity index is 497. The minimum atomic E-state index is -0.365. The normalized spacial score (nSPS) is 14.4. The molecule has 110 valence electrons. The van der Waals surface area contributed by atoms with Crippen LogP contribution >= 0.6 is 11.5 Å². The van der Waals surface area contributed by atoms with Gasteiger partial charge in [0.2, 0.25) is 0 Å². The number of ether oxygens (including phenoxy) is 1. The minimum Gasteiger partial charge on any atom is -0.465 e. The second-order valence-corrected chi connectivity index (χ2v) is 5.87. The van der Waals surface area contributed by atoms with Crippen LogP contribution in [-0.2, 0) is 9.53 Å². The maximum atomic E-state index is 12.6. The Morgan fingerprint density at radius 1 is 1.45 bits per heavy atom. The number of hydrogen-bond acceptors (Lipinski definition) is 6. The van der Waals surface area contributed by atoms with Crippen molar-refractivity contribution in [2.75, 3.05) is 13.2 Å². The Labute approximate surface area is 122 Å². The summed E-state index contributed by atoms with van der Waals surface area (Å²) in [5.41, 5.74) is 0.703. The van der Waals surface area contributed by atoms with E-state index in [1.807, 2.05) is 13.8 Å². The molecule has 2 rings (SSSR count). The number of nitrogens with zero attached hydrogens (tertiary/aromatic N) is 3. The number of carbonyl (C=O) groups excluding carboxylic acids is 2. The molecule has 0 bridgehead atoms. The van der Waals surface area contributed by atoms with Gasteiger partial charge < -0.3 is 9.64 Å². The van der Waals surface area contributed by atoms with Crippen molar-refractivity contribution >= 4 is 23.4 Å². The summed E-state index contributed by atoms with van der Waals surface area (Å²) in [5.74, 6) is -0.382. The van der Waals surface area contributed by atoms with Gasteiger partial charge in [0.15, 0.2) is 0 Å². The van der Waals surface area contributed by atoms with E-state index in [0.29, 0.717) is 17.2 Å². The number of aromatic nitrogens is 2. The predicted octanol–water partition coefficient (Wildman–Crippen LogP) is 1.83. The number of amides is 1. The molecule has 0 atom stereocenters. The Hall–Kier alpha value is -1.50. The van der Waals surface area contributed by atoms with E-state index in [-0.39, 0.29) is 30.4 Å². The summed E-state index contributed by atoms with van der Waals surface area (Å²) in [6.07, 6.45) is 1.88. The van der Waals surface area contributed by atoms with Crippen molar-refractivity contribution in [1.82, 2.24) is 14.5 Å². The van der Waals surface area contributed by atoms with Crippen molar-refractivity contribution in [3.05, 3.63) is 10.6 Å². The van der Waals surface area contributed by atoms with Crippen molar-refractivity contribution in [3.63, 3.8) is 0 Å². The van der Waals surface area contributed by atoms with Gasteiger partial charge in [-0.3, -0.25) is 9.59 Å². The van der Waals surface area contributed by atoms with E-state index in [9.17, 15) is 9.59 Å². The molecule has 0 unspecified atom stereocenters. The van der Waals surface area contributed by atoms with Gasteiger partial charge in [0.1, 0.15) is 11.4 Å². The molecule has 1 aromatic heterocycles. The Morgan fingerprint density at radius 2 is 2.15 bits per heavy atom. The molecule has 1 aliphatic rings. The average Bonchev–Trinajstić information content (AvgIpc) is 3.11.